The van der Waals surface area contributed by atoms with Gasteiger partial charge in [-0.05, 0) is 73.5 Å². The maximum Gasteiger partial charge on any atom is 0.0346 e. The first-order valence-electron chi connectivity index (χ1n) is 8.09. The molecule has 7 aliphatic carbocycles. The molecule has 0 aliphatic heterocycles. The third-order valence-electron chi connectivity index (χ3n) is 8.31. The van der Waals surface area contributed by atoms with Crippen molar-refractivity contribution in [1.29, 1.82) is 0 Å². The molecule has 8 bridgehead atoms. The Morgan fingerprint density at radius 1 is 0.789 bits per heavy atom. The Labute approximate surface area is 116 Å². The molecule has 7 rings (SSSR count). The average molecular weight is 250 g/mol. The van der Waals surface area contributed by atoms with Crippen LogP contribution < -0.4 is 0 Å². The third-order valence-corrected chi connectivity index (χ3v) is 8.31. The topological polar surface area (TPSA) is 0 Å². The quantitative estimate of drug-likeness (QED) is 0.576. The van der Waals surface area contributed by atoms with Crippen molar-refractivity contribution in [3.05, 3.63) is 0 Å². The lowest BCUT2D eigenvalue weighted by molar-refractivity contribution is -0.257. The Morgan fingerprint density at radius 2 is 1.32 bits per heavy atom. The van der Waals surface area contributed by atoms with E-state index in [0.29, 0.717) is 0 Å². The Morgan fingerprint density at radius 3 is 1.84 bits per heavy atom. The average Bonchev–Trinajstić information content (AvgIpc) is 2.45. The number of hydrogen-bond acceptors (Lipinski definition) is 0. The molecule has 0 nitrogen and oxygen atoms in total. The lowest BCUT2D eigenvalue weighted by Crippen LogP contribution is -2.69. The molecule has 0 aromatic carbocycles. The maximum atomic E-state index is 6.00. The molecule has 0 amide bonds. The molecule has 0 heterocycles. The second kappa shape index (κ2) is 2.91. The smallest absolute Gasteiger partial charge is 0.0346 e. The number of rotatable bonds is 0. The van der Waals surface area contributed by atoms with Crippen molar-refractivity contribution in [2.24, 2.45) is 52.3 Å². The van der Waals surface area contributed by atoms with Gasteiger partial charge < -0.3 is 0 Å². The molecule has 0 radical (unpaired) electrons. The summed E-state index contributed by atoms with van der Waals surface area (Å²) in [7, 11) is 0. The van der Waals surface area contributed by atoms with E-state index in [4.69, 9.17) is 12.8 Å². The fourth-order valence-corrected chi connectivity index (χ4v) is 7.76. The molecule has 0 saturated heterocycles. The van der Waals surface area contributed by atoms with E-state index >= 15 is 0 Å². The highest BCUT2D eigenvalue weighted by atomic mass is 14.8. The molecule has 0 heteroatoms. The Kier molecular flexibility index (Phi) is 1.66. The molecule has 0 aromatic rings. The van der Waals surface area contributed by atoms with Crippen LogP contribution in [0.25, 0.3) is 0 Å². The molecule has 0 N–H and O–H groups in total. The summed E-state index contributed by atoms with van der Waals surface area (Å²) < 4.78 is 0. The third kappa shape index (κ3) is 0.952. The van der Waals surface area contributed by atoms with E-state index in [2.05, 4.69) is 18.8 Å². The van der Waals surface area contributed by atoms with Gasteiger partial charge in [-0.15, -0.1) is 12.8 Å². The van der Waals surface area contributed by atoms with Crippen molar-refractivity contribution in [1.82, 2.24) is 0 Å². The second-order valence-corrected chi connectivity index (χ2v) is 8.43. The normalized spacial score (nSPS) is 67.0. The van der Waals surface area contributed by atoms with Crippen LogP contribution in [0, 0.1) is 76.9 Å². The van der Waals surface area contributed by atoms with Gasteiger partial charge in [-0.25, -0.2) is 0 Å². The van der Waals surface area contributed by atoms with Gasteiger partial charge in [0.15, 0.2) is 0 Å². The van der Waals surface area contributed by atoms with Gasteiger partial charge in [-0.1, -0.05) is 18.8 Å². The van der Waals surface area contributed by atoms with Gasteiger partial charge in [0.2, 0.25) is 0 Å². The minimum absolute atomic E-state index is 0.261. The summed E-state index contributed by atoms with van der Waals surface area (Å²) in [5.41, 5.74) is 0.549. The van der Waals surface area contributed by atoms with Crippen molar-refractivity contribution in [2.45, 2.75) is 39.0 Å². The van der Waals surface area contributed by atoms with Crippen LogP contribution in [0.4, 0.5) is 0 Å². The fraction of sp³-hybridized carbons (Fsp3) is 0.789. The van der Waals surface area contributed by atoms with Gasteiger partial charge in [0, 0.05) is 10.8 Å². The molecule has 0 aromatic heterocycles. The summed E-state index contributed by atoms with van der Waals surface area (Å²) in [6.45, 7) is 2.46. The zero-order valence-corrected chi connectivity index (χ0v) is 11.7. The van der Waals surface area contributed by atoms with Crippen LogP contribution in [0.1, 0.15) is 39.0 Å². The van der Waals surface area contributed by atoms with E-state index in [9.17, 15) is 0 Å². The highest BCUT2D eigenvalue weighted by Crippen LogP contribution is 2.77. The summed E-state index contributed by atoms with van der Waals surface area (Å²) in [4.78, 5) is 0. The number of hydrogen-bond donors (Lipinski definition) is 0. The van der Waals surface area contributed by atoms with Gasteiger partial charge in [-0.3, -0.25) is 0 Å². The molecule has 7 saturated carbocycles. The molecule has 19 heavy (non-hydrogen) atoms. The van der Waals surface area contributed by atoms with Crippen LogP contribution in [0.5, 0.6) is 0 Å². The summed E-state index contributed by atoms with van der Waals surface area (Å²) >= 11 is 0. The zero-order chi connectivity index (χ0) is 13.0. The molecular weight excluding hydrogens is 228 g/mol. The highest BCUT2D eigenvalue weighted by Gasteiger charge is 2.72. The van der Waals surface area contributed by atoms with E-state index in [1.54, 1.807) is 0 Å². The van der Waals surface area contributed by atoms with E-state index in [1.807, 2.05) is 0 Å². The summed E-state index contributed by atoms with van der Waals surface area (Å²) in [6.07, 6.45) is 18.5. The minimum Gasteiger partial charge on any atom is -0.120 e. The van der Waals surface area contributed by atoms with Gasteiger partial charge in [0.25, 0.3) is 0 Å². The molecule has 7 fully saturated rings. The van der Waals surface area contributed by atoms with E-state index < -0.39 is 0 Å². The van der Waals surface area contributed by atoms with Crippen molar-refractivity contribution in [2.75, 3.05) is 0 Å². The van der Waals surface area contributed by atoms with Gasteiger partial charge >= 0.3 is 0 Å². The lowest BCUT2D eigenvalue weighted by atomic mass is 9.29. The molecule has 7 aliphatic rings. The monoisotopic (exact) mass is 250 g/mol. The predicted octanol–water partition coefficient (Wildman–Crippen LogP) is 3.58. The van der Waals surface area contributed by atoms with Crippen molar-refractivity contribution in [3.63, 3.8) is 0 Å². The molecule has 5 atom stereocenters. The number of terminal acetylenes is 2. The predicted molar refractivity (Wildman–Crippen MR) is 75.7 cm³/mol. The Hall–Kier alpha value is -0.880. The first-order valence-corrected chi connectivity index (χ1v) is 8.09. The summed E-state index contributed by atoms with van der Waals surface area (Å²) in [6, 6.07) is 0. The second-order valence-electron chi connectivity index (χ2n) is 8.43. The van der Waals surface area contributed by atoms with Crippen LogP contribution in [-0.2, 0) is 0 Å². The van der Waals surface area contributed by atoms with E-state index in [1.165, 1.54) is 32.1 Å². The van der Waals surface area contributed by atoms with Crippen LogP contribution in [-0.4, -0.2) is 0 Å². The van der Waals surface area contributed by atoms with E-state index in [-0.39, 0.29) is 10.8 Å². The van der Waals surface area contributed by atoms with Crippen molar-refractivity contribution >= 4 is 0 Å². The van der Waals surface area contributed by atoms with Crippen molar-refractivity contribution < 1.29 is 0 Å². The zero-order valence-electron chi connectivity index (χ0n) is 11.7. The summed E-state index contributed by atoms with van der Waals surface area (Å²) in [5.74, 6) is 12.8. The van der Waals surface area contributed by atoms with Gasteiger partial charge in [0.05, 0.1) is 0 Å². The van der Waals surface area contributed by atoms with E-state index in [0.717, 1.165) is 41.4 Å². The molecule has 0 spiro atoms. The standard InChI is InChI=1S/C19H22/c1-4-18-6-12-13-9-19(5-2)10-14(12)16(8-18)17(11(19)3)15(13)7-18/h1-2,11-17H,6-10H2,3H3. The SMILES string of the molecule is C#CC12CC3C4CC5(C#C)CC3C(C1)C(C4C2)C5C. The first kappa shape index (κ1) is 10.9. The molecular formula is C19H22. The fourth-order valence-electron chi connectivity index (χ4n) is 7.76. The minimum atomic E-state index is 0.261. The van der Waals surface area contributed by atoms with Gasteiger partial charge in [0.1, 0.15) is 0 Å². The van der Waals surface area contributed by atoms with Crippen LogP contribution in [0.15, 0.2) is 0 Å². The first-order chi connectivity index (χ1) is 9.13. The van der Waals surface area contributed by atoms with Crippen LogP contribution >= 0.6 is 0 Å². The van der Waals surface area contributed by atoms with Gasteiger partial charge in [-0.2, -0.15) is 0 Å². The largest absolute Gasteiger partial charge is 0.120 e. The Balaban J connectivity index is 1.68. The molecule has 5 unspecified atom stereocenters. The highest BCUT2D eigenvalue weighted by molar-refractivity contribution is 5.29. The van der Waals surface area contributed by atoms with Crippen molar-refractivity contribution in [3.8, 4) is 24.7 Å². The summed E-state index contributed by atoms with van der Waals surface area (Å²) in [5, 5.41) is 0. The molecule has 98 valence electrons. The van der Waals surface area contributed by atoms with Crippen LogP contribution in [0.2, 0.25) is 0 Å². The Bertz CT molecular complexity index is 517. The van der Waals surface area contributed by atoms with Crippen LogP contribution in [0.3, 0.4) is 0 Å². The lowest BCUT2D eigenvalue weighted by Gasteiger charge is -2.75. The maximum absolute atomic E-state index is 6.00.